The number of rotatable bonds is 1. The van der Waals surface area contributed by atoms with E-state index in [0.717, 1.165) is 26.4 Å². The van der Waals surface area contributed by atoms with Gasteiger partial charge < -0.3 is 9.47 Å². The van der Waals surface area contributed by atoms with Gasteiger partial charge in [0.2, 0.25) is 0 Å². The molecule has 2 atom stereocenters. The summed E-state index contributed by atoms with van der Waals surface area (Å²) in [6.45, 7) is 7.51. The van der Waals surface area contributed by atoms with Crippen LogP contribution in [0.5, 0.6) is 0 Å². The second-order valence-corrected chi connectivity index (χ2v) is 3.76. The second kappa shape index (κ2) is 3.58. The molecule has 12 heavy (non-hydrogen) atoms. The lowest BCUT2D eigenvalue weighted by Gasteiger charge is -2.26. The van der Waals surface area contributed by atoms with Gasteiger partial charge in [-0.25, -0.2) is 0 Å². The number of ether oxygens (including phenoxy) is 2. The van der Waals surface area contributed by atoms with Crippen LogP contribution >= 0.6 is 0 Å². The second-order valence-electron chi connectivity index (χ2n) is 3.76. The predicted octanol–water partition coefficient (Wildman–Crippen LogP) is 1.62. The minimum atomic E-state index is 0.574. The number of hydrogen-bond acceptors (Lipinski definition) is 2. The molecule has 0 aromatic rings. The Morgan fingerprint density at radius 1 is 1.25 bits per heavy atom. The monoisotopic (exact) mass is 168 g/mol. The topological polar surface area (TPSA) is 18.5 Å². The van der Waals surface area contributed by atoms with Crippen LogP contribution in [0.1, 0.15) is 12.8 Å². The van der Waals surface area contributed by atoms with Crippen molar-refractivity contribution in [3.05, 3.63) is 12.2 Å². The third-order valence-corrected chi connectivity index (χ3v) is 2.87. The van der Waals surface area contributed by atoms with Crippen LogP contribution in [0, 0.1) is 11.8 Å². The van der Waals surface area contributed by atoms with Gasteiger partial charge in [-0.2, -0.15) is 0 Å². The quantitative estimate of drug-likeness (QED) is 0.554. The van der Waals surface area contributed by atoms with E-state index in [4.69, 9.17) is 9.47 Å². The van der Waals surface area contributed by atoms with Crippen LogP contribution in [0.4, 0.5) is 0 Å². The zero-order chi connectivity index (χ0) is 8.39. The Kier molecular flexibility index (Phi) is 2.47. The van der Waals surface area contributed by atoms with Crippen LogP contribution in [-0.4, -0.2) is 26.4 Å². The van der Waals surface area contributed by atoms with Gasteiger partial charge in [-0.05, 0) is 24.3 Å². The standard InChI is InChI=1S/C10H16O2/c1-8-5-12-7-10(8)9-3-2-4-11-6-9/h9-10H,1-7H2. The van der Waals surface area contributed by atoms with Crippen LogP contribution < -0.4 is 0 Å². The number of hydrogen-bond donors (Lipinski definition) is 0. The maximum atomic E-state index is 5.45. The van der Waals surface area contributed by atoms with Crippen LogP contribution in [-0.2, 0) is 9.47 Å². The first-order valence-corrected chi connectivity index (χ1v) is 4.71. The molecule has 0 bridgehead atoms. The molecule has 0 aromatic heterocycles. The lowest BCUT2D eigenvalue weighted by Crippen LogP contribution is -2.26. The molecule has 0 amide bonds. The third kappa shape index (κ3) is 1.54. The first kappa shape index (κ1) is 8.27. The average molecular weight is 168 g/mol. The van der Waals surface area contributed by atoms with E-state index in [1.165, 1.54) is 18.4 Å². The summed E-state index contributed by atoms with van der Waals surface area (Å²) in [5.41, 5.74) is 1.27. The normalized spacial score (nSPS) is 37.2. The summed E-state index contributed by atoms with van der Waals surface area (Å²) < 4.78 is 10.8. The molecule has 2 saturated heterocycles. The van der Waals surface area contributed by atoms with E-state index >= 15 is 0 Å². The molecule has 2 rings (SSSR count). The molecule has 0 aliphatic carbocycles. The van der Waals surface area contributed by atoms with Crippen molar-refractivity contribution < 1.29 is 9.47 Å². The molecule has 0 radical (unpaired) electrons. The van der Waals surface area contributed by atoms with Crippen LogP contribution in [0.15, 0.2) is 12.2 Å². The minimum absolute atomic E-state index is 0.574. The largest absolute Gasteiger partial charge is 0.381 e. The maximum Gasteiger partial charge on any atom is 0.0678 e. The van der Waals surface area contributed by atoms with Crippen molar-refractivity contribution in [1.29, 1.82) is 0 Å². The Hall–Kier alpha value is -0.340. The van der Waals surface area contributed by atoms with Crippen molar-refractivity contribution in [2.75, 3.05) is 26.4 Å². The smallest absolute Gasteiger partial charge is 0.0678 e. The highest BCUT2D eigenvalue weighted by Crippen LogP contribution is 2.31. The highest BCUT2D eigenvalue weighted by Gasteiger charge is 2.29. The van der Waals surface area contributed by atoms with Crippen LogP contribution in [0.2, 0.25) is 0 Å². The summed E-state index contributed by atoms with van der Waals surface area (Å²) in [7, 11) is 0. The Morgan fingerprint density at radius 3 is 2.75 bits per heavy atom. The van der Waals surface area contributed by atoms with Gasteiger partial charge in [0.1, 0.15) is 0 Å². The zero-order valence-electron chi connectivity index (χ0n) is 7.42. The Labute approximate surface area is 73.5 Å². The fraction of sp³-hybridized carbons (Fsp3) is 0.800. The molecule has 0 spiro atoms. The summed E-state index contributed by atoms with van der Waals surface area (Å²) in [6.07, 6.45) is 2.49. The van der Waals surface area contributed by atoms with Crippen LogP contribution in [0.3, 0.4) is 0 Å². The maximum absolute atomic E-state index is 5.45. The SMILES string of the molecule is C=C1COCC1C1CCCOC1. The van der Waals surface area contributed by atoms with E-state index < -0.39 is 0 Å². The summed E-state index contributed by atoms with van der Waals surface area (Å²) in [5, 5.41) is 0. The molecule has 2 heterocycles. The van der Waals surface area contributed by atoms with Gasteiger partial charge in [0, 0.05) is 12.5 Å². The summed E-state index contributed by atoms with van der Waals surface area (Å²) >= 11 is 0. The molecule has 68 valence electrons. The molecule has 0 N–H and O–H groups in total. The van der Waals surface area contributed by atoms with E-state index in [-0.39, 0.29) is 0 Å². The minimum Gasteiger partial charge on any atom is -0.381 e. The van der Waals surface area contributed by atoms with Gasteiger partial charge in [0.25, 0.3) is 0 Å². The van der Waals surface area contributed by atoms with Gasteiger partial charge in [0.15, 0.2) is 0 Å². The average Bonchev–Trinajstić information content (AvgIpc) is 2.53. The Morgan fingerprint density at radius 2 is 2.17 bits per heavy atom. The van der Waals surface area contributed by atoms with Crippen molar-refractivity contribution in [3.8, 4) is 0 Å². The third-order valence-electron chi connectivity index (χ3n) is 2.87. The molecule has 0 saturated carbocycles. The van der Waals surface area contributed by atoms with Crippen molar-refractivity contribution in [3.63, 3.8) is 0 Å². The zero-order valence-corrected chi connectivity index (χ0v) is 7.42. The van der Waals surface area contributed by atoms with Crippen LogP contribution in [0.25, 0.3) is 0 Å². The van der Waals surface area contributed by atoms with Gasteiger partial charge in [0.05, 0.1) is 19.8 Å². The van der Waals surface area contributed by atoms with E-state index in [2.05, 4.69) is 6.58 Å². The summed E-state index contributed by atoms with van der Waals surface area (Å²) in [6, 6.07) is 0. The Balaban J connectivity index is 1.93. The fourth-order valence-electron chi connectivity index (χ4n) is 2.09. The molecule has 2 fully saturated rings. The van der Waals surface area contributed by atoms with E-state index in [9.17, 15) is 0 Å². The van der Waals surface area contributed by atoms with E-state index in [0.29, 0.717) is 11.8 Å². The molecule has 2 aliphatic rings. The lowest BCUT2D eigenvalue weighted by atomic mass is 9.85. The Bertz CT molecular complexity index is 171. The molecular formula is C10H16O2. The first-order valence-electron chi connectivity index (χ1n) is 4.71. The van der Waals surface area contributed by atoms with Gasteiger partial charge in [-0.15, -0.1) is 0 Å². The summed E-state index contributed by atoms with van der Waals surface area (Å²) in [4.78, 5) is 0. The first-order chi connectivity index (χ1) is 5.88. The highest BCUT2D eigenvalue weighted by molar-refractivity contribution is 5.07. The molecule has 2 nitrogen and oxygen atoms in total. The van der Waals surface area contributed by atoms with E-state index in [1.54, 1.807) is 0 Å². The van der Waals surface area contributed by atoms with Gasteiger partial charge in [-0.3, -0.25) is 0 Å². The summed E-state index contributed by atoms with van der Waals surface area (Å²) in [5.74, 6) is 1.25. The lowest BCUT2D eigenvalue weighted by molar-refractivity contribution is 0.0315. The van der Waals surface area contributed by atoms with Crippen molar-refractivity contribution in [1.82, 2.24) is 0 Å². The molecule has 2 aliphatic heterocycles. The molecule has 2 unspecified atom stereocenters. The fourth-order valence-corrected chi connectivity index (χ4v) is 2.09. The van der Waals surface area contributed by atoms with Gasteiger partial charge in [-0.1, -0.05) is 6.58 Å². The predicted molar refractivity (Wildman–Crippen MR) is 47.0 cm³/mol. The van der Waals surface area contributed by atoms with E-state index in [1.807, 2.05) is 0 Å². The van der Waals surface area contributed by atoms with Crippen molar-refractivity contribution >= 4 is 0 Å². The molecular weight excluding hydrogens is 152 g/mol. The van der Waals surface area contributed by atoms with Crippen molar-refractivity contribution in [2.45, 2.75) is 12.8 Å². The van der Waals surface area contributed by atoms with Gasteiger partial charge >= 0.3 is 0 Å². The molecule has 2 heteroatoms. The highest BCUT2D eigenvalue weighted by atomic mass is 16.5. The molecule has 0 aromatic carbocycles. The van der Waals surface area contributed by atoms with Crippen molar-refractivity contribution in [2.24, 2.45) is 11.8 Å².